The van der Waals surface area contributed by atoms with Crippen molar-refractivity contribution in [2.75, 3.05) is 0 Å². The first-order valence-electron chi connectivity index (χ1n) is 8.48. The Labute approximate surface area is 156 Å². The standard InChI is InChI=1S/C23H18BrN/c24-20-13-14-21(19(16-20)11-10-17-6-2-1-3-7-17)23-15-12-18-8-4-5-9-22(18)25-23/h1-9,12-16H,10-11H2. The number of nitrogens with zero attached hydrogens (tertiary/aromatic N) is 1. The molecule has 0 amide bonds. The summed E-state index contributed by atoms with van der Waals surface area (Å²) < 4.78 is 1.11. The van der Waals surface area contributed by atoms with Crippen molar-refractivity contribution in [3.8, 4) is 11.3 Å². The molecule has 0 aliphatic heterocycles. The van der Waals surface area contributed by atoms with Crippen LogP contribution in [0, 0.1) is 0 Å². The minimum Gasteiger partial charge on any atom is -0.248 e. The maximum absolute atomic E-state index is 4.88. The molecule has 3 aromatic carbocycles. The fourth-order valence-corrected chi connectivity index (χ4v) is 3.57. The van der Waals surface area contributed by atoms with Crippen molar-refractivity contribution in [1.82, 2.24) is 4.98 Å². The number of halogens is 1. The second-order valence-electron chi connectivity index (χ2n) is 6.18. The van der Waals surface area contributed by atoms with Gasteiger partial charge in [-0.15, -0.1) is 0 Å². The molecule has 0 bridgehead atoms. The van der Waals surface area contributed by atoms with Gasteiger partial charge in [0.05, 0.1) is 11.2 Å². The van der Waals surface area contributed by atoms with Gasteiger partial charge in [0, 0.05) is 15.4 Å². The topological polar surface area (TPSA) is 12.9 Å². The number of aromatic nitrogens is 1. The normalized spacial score (nSPS) is 10.9. The lowest BCUT2D eigenvalue weighted by Gasteiger charge is -2.11. The van der Waals surface area contributed by atoms with E-state index < -0.39 is 0 Å². The molecule has 1 heterocycles. The summed E-state index contributed by atoms with van der Waals surface area (Å²) in [5, 5.41) is 1.18. The molecular weight excluding hydrogens is 370 g/mol. The van der Waals surface area contributed by atoms with Gasteiger partial charge >= 0.3 is 0 Å². The Kier molecular flexibility index (Phi) is 4.62. The molecule has 4 aromatic rings. The number of para-hydroxylation sites is 1. The van der Waals surface area contributed by atoms with Crippen LogP contribution in [0.4, 0.5) is 0 Å². The van der Waals surface area contributed by atoms with Crippen molar-refractivity contribution in [3.05, 3.63) is 101 Å². The molecule has 25 heavy (non-hydrogen) atoms. The molecule has 0 unspecified atom stereocenters. The quantitative estimate of drug-likeness (QED) is 0.392. The number of hydrogen-bond acceptors (Lipinski definition) is 1. The van der Waals surface area contributed by atoms with E-state index in [9.17, 15) is 0 Å². The van der Waals surface area contributed by atoms with Gasteiger partial charge in [0.1, 0.15) is 0 Å². The van der Waals surface area contributed by atoms with E-state index in [0.29, 0.717) is 0 Å². The third kappa shape index (κ3) is 3.64. The molecule has 2 heteroatoms. The lowest BCUT2D eigenvalue weighted by atomic mass is 9.97. The maximum atomic E-state index is 4.88. The summed E-state index contributed by atoms with van der Waals surface area (Å²) >= 11 is 3.61. The van der Waals surface area contributed by atoms with Gasteiger partial charge in [0.25, 0.3) is 0 Å². The van der Waals surface area contributed by atoms with E-state index in [0.717, 1.165) is 28.5 Å². The van der Waals surface area contributed by atoms with Crippen molar-refractivity contribution in [1.29, 1.82) is 0 Å². The van der Waals surface area contributed by atoms with Gasteiger partial charge in [0.15, 0.2) is 0 Å². The van der Waals surface area contributed by atoms with Crippen LogP contribution in [-0.4, -0.2) is 4.98 Å². The van der Waals surface area contributed by atoms with Crippen LogP contribution in [-0.2, 0) is 12.8 Å². The summed E-state index contributed by atoms with van der Waals surface area (Å²) in [7, 11) is 0. The van der Waals surface area contributed by atoms with E-state index in [1.807, 2.05) is 6.07 Å². The van der Waals surface area contributed by atoms with Gasteiger partial charge in [-0.2, -0.15) is 0 Å². The lowest BCUT2D eigenvalue weighted by Crippen LogP contribution is -1.96. The Hall–Kier alpha value is -2.45. The summed E-state index contributed by atoms with van der Waals surface area (Å²) in [4.78, 5) is 4.88. The first-order chi connectivity index (χ1) is 12.3. The maximum Gasteiger partial charge on any atom is 0.0712 e. The van der Waals surface area contributed by atoms with Crippen LogP contribution in [0.2, 0.25) is 0 Å². The summed E-state index contributed by atoms with van der Waals surface area (Å²) in [5.41, 5.74) is 5.97. The van der Waals surface area contributed by atoms with E-state index in [1.165, 1.54) is 22.1 Å². The van der Waals surface area contributed by atoms with E-state index in [2.05, 4.69) is 94.8 Å². The van der Waals surface area contributed by atoms with Crippen LogP contribution in [0.1, 0.15) is 11.1 Å². The number of hydrogen-bond donors (Lipinski definition) is 0. The summed E-state index contributed by atoms with van der Waals surface area (Å²) in [6.45, 7) is 0. The second kappa shape index (κ2) is 7.20. The number of rotatable bonds is 4. The fraction of sp³-hybridized carbons (Fsp3) is 0.0870. The van der Waals surface area contributed by atoms with E-state index in [4.69, 9.17) is 4.98 Å². The predicted octanol–water partition coefficient (Wildman–Crippen LogP) is 6.45. The zero-order chi connectivity index (χ0) is 17.1. The Morgan fingerprint density at radius 1 is 0.720 bits per heavy atom. The Morgan fingerprint density at radius 2 is 1.52 bits per heavy atom. The molecule has 0 saturated heterocycles. The smallest absolute Gasteiger partial charge is 0.0712 e. The fourth-order valence-electron chi connectivity index (χ4n) is 3.16. The lowest BCUT2D eigenvalue weighted by molar-refractivity contribution is 0.960. The first-order valence-corrected chi connectivity index (χ1v) is 9.27. The van der Waals surface area contributed by atoms with Crippen molar-refractivity contribution in [2.45, 2.75) is 12.8 Å². The van der Waals surface area contributed by atoms with Gasteiger partial charge in [-0.25, -0.2) is 4.98 Å². The molecule has 1 aromatic heterocycles. The SMILES string of the molecule is Brc1ccc(-c2ccc3ccccc3n2)c(CCc2ccccc2)c1. The van der Waals surface area contributed by atoms with Gasteiger partial charge in [-0.1, -0.05) is 76.6 Å². The van der Waals surface area contributed by atoms with Gasteiger partial charge in [0.2, 0.25) is 0 Å². The average molecular weight is 388 g/mol. The minimum atomic E-state index is 0.993. The second-order valence-corrected chi connectivity index (χ2v) is 7.09. The van der Waals surface area contributed by atoms with E-state index in [1.54, 1.807) is 0 Å². The molecule has 0 saturated carbocycles. The largest absolute Gasteiger partial charge is 0.248 e. The Bertz CT molecular complexity index is 1010. The summed E-state index contributed by atoms with van der Waals surface area (Å²) in [6.07, 6.45) is 2.02. The monoisotopic (exact) mass is 387 g/mol. The minimum absolute atomic E-state index is 0.993. The van der Waals surface area contributed by atoms with Gasteiger partial charge in [-0.05, 0) is 48.2 Å². The zero-order valence-electron chi connectivity index (χ0n) is 13.8. The van der Waals surface area contributed by atoms with Crippen LogP contribution < -0.4 is 0 Å². The molecule has 1 nitrogen and oxygen atoms in total. The Morgan fingerprint density at radius 3 is 2.40 bits per heavy atom. The molecule has 0 fully saturated rings. The third-order valence-electron chi connectivity index (χ3n) is 4.47. The average Bonchev–Trinajstić information content (AvgIpc) is 2.67. The Balaban J connectivity index is 1.70. The van der Waals surface area contributed by atoms with Crippen LogP contribution in [0.25, 0.3) is 22.2 Å². The highest BCUT2D eigenvalue weighted by Gasteiger charge is 2.09. The van der Waals surface area contributed by atoms with E-state index >= 15 is 0 Å². The molecule has 0 N–H and O–H groups in total. The predicted molar refractivity (Wildman–Crippen MR) is 109 cm³/mol. The van der Waals surface area contributed by atoms with Crippen molar-refractivity contribution >= 4 is 26.8 Å². The van der Waals surface area contributed by atoms with Gasteiger partial charge in [-0.3, -0.25) is 0 Å². The highest BCUT2D eigenvalue weighted by atomic mass is 79.9. The molecule has 122 valence electrons. The number of pyridine rings is 1. The van der Waals surface area contributed by atoms with Gasteiger partial charge < -0.3 is 0 Å². The van der Waals surface area contributed by atoms with Crippen LogP contribution in [0.3, 0.4) is 0 Å². The summed E-state index contributed by atoms with van der Waals surface area (Å²) in [6, 6.07) is 29.7. The van der Waals surface area contributed by atoms with Crippen LogP contribution >= 0.6 is 15.9 Å². The van der Waals surface area contributed by atoms with Crippen LogP contribution in [0.15, 0.2) is 89.4 Å². The molecule has 4 rings (SSSR count). The molecule has 0 aliphatic carbocycles. The number of aryl methyl sites for hydroxylation is 2. The van der Waals surface area contributed by atoms with E-state index in [-0.39, 0.29) is 0 Å². The molecule has 0 aliphatic rings. The third-order valence-corrected chi connectivity index (χ3v) is 4.96. The molecular formula is C23H18BrN. The molecule has 0 radical (unpaired) electrons. The van der Waals surface area contributed by atoms with Crippen molar-refractivity contribution in [2.24, 2.45) is 0 Å². The number of fused-ring (bicyclic) bond motifs is 1. The van der Waals surface area contributed by atoms with Crippen molar-refractivity contribution < 1.29 is 0 Å². The first kappa shape index (κ1) is 16.0. The molecule has 0 spiro atoms. The molecule has 0 atom stereocenters. The van der Waals surface area contributed by atoms with Crippen molar-refractivity contribution in [3.63, 3.8) is 0 Å². The zero-order valence-corrected chi connectivity index (χ0v) is 15.4. The van der Waals surface area contributed by atoms with Crippen LogP contribution in [0.5, 0.6) is 0 Å². The summed E-state index contributed by atoms with van der Waals surface area (Å²) in [5.74, 6) is 0. The number of benzene rings is 3. The highest BCUT2D eigenvalue weighted by molar-refractivity contribution is 9.10. The highest BCUT2D eigenvalue weighted by Crippen LogP contribution is 2.28.